The fraction of sp³-hybridized carbons (Fsp3) is 0.278. The van der Waals surface area contributed by atoms with Crippen LogP contribution in [0.1, 0.15) is 52.7 Å². The molecule has 10 heteroatoms. The van der Waals surface area contributed by atoms with E-state index in [4.69, 9.17) is 4.42 Å². The lowest BCUT2D eigenvalue weighted by molar-refractivity contribution is 0.0637. The summed E-state index contributed by atoms with van der Waals surface area (Å²) in [5, 5.41) is 21.8. The number of pyridine rings is 1. The summed E-state index contributed by atoms with van der Waals surface area (Å²) in [6.45, 7) is 1.94. The van der Waals surface area contributed by atoms with Crippen molar-refractivity contribution in [2.75, 3.05) is 6.54 Å². The summed E-state index contributed by atoms with van der Waals surface area (Å²) in [6.07, 6.45) is 3.16. The number of aliphatic hydroxyl groups is 1. The van der Waals surface area contributed by atoms with Gasteiger partial charge in [0, 0.05) is 24.9 Å². The second-order valence-electron chi connectivity index (χ2n) is 6.68. The standard InChI is InChI=1S/C18H17N7O3/c1-10(26)16-21-22-17(28-16)18(27)24-7-5-12-14(20-9-19-12)15(24)13-8-11-4-2-3-6-25(11)23-13/h2-4,6,8-10,15,26H,5,7H2,1H3,(H,19,20)/t10-,15?/m1/s1. The van der Waals surface area contributed by atoms with E-state index < -0.39 is 18.1 Å². The fourth-order valence-corrected chi connectivity index (χ4v) is 3.50. The number of amides is 1. The van der Waals surface area contributed by atoms with Crippen LogP contribution in [0.5, 0.6) is 0 Å². The molecule has 0 aliphatic carbocycles. The Kier molecular flexibility index (Phi) is 3.72. The van der Waals surface area contributed by atoms with E-state index >= 15 is 0 Å². The third-order valence-electron chi connectivity index (χ3n) is 4.84. The Labute approximate surface area is 158 Å². The van der Waals surface area contributed by atoms with Gasteiger partial charge in [-0.15, -0.1) is 10.2 Å². The van der Waals surface area contributed by atoms with Gasteiger partial charge >= 0.3 is 11.8 Å². The van der Waals surface area contributed by atoms with E-state index in [1.54, 1.807) is 15.7 Å². The van der Waals surface area contributed by atoms with Crippen molar-refractivity contribution in [2.45, 2.75) is 25.5 Å². The van der Waals surface area contributed by atoms with Crippen molar-refractivity contribution in [1.29, 1.82) is 0 Å². The van der Waals surface area contributed by atoms with E-state index in [9.17, 15) is 9.90 Å². The topological polar surface area (TPSA) is 125 Å². The minimum Gasteiger partial charge on any atom is -0.414 e. The van der Waals surface area contributed by atoms with Crippen LogP contribution in [0.15, 0.2) is 41.2 Å². The van der Waals surface area contributed by atoms with E-state index in [1.165, 1.54) is 6.92 Å². The molecule has 4 aromatic rings. The van der Waals surface area contributed by atoms with Crippen LogP contribution >= 0.6 is 0 Å². The highest BCUT2D eigenvalue weighted by Crippen LogP contribution is 2.34. The molecule has 1 unspecified atom stereocenters. The predicted molar refractivity (Wildman–Crippen MR) is 95.3 cm³/mol. The molecule has 0 saturated heterocycles. The van der Waals surface area contributed by atoms with Gasteiger partial charge in [-0.05, 0) is 25.1 Å². The average molecular weight is 379 g/mol. The third-order valence-corrected chi connectivity index (χ3v) is 4.84. The molecule has 4 aromatic heterocycles. The molecule has 28 heavy (non-hydrogen) atoms. The maximum Gasteiger partial charge on any atom is 0.312 e. The molecule has 1 aliphatic heterocycles. The highest BCUT2D eigenvalue weighted by atomic mass is 16.4. The van der Waals surface area contributed by atoms with Gasteiger partial charge in [0.25, 0.3) is 0 Å². The number of carbonyl (C=O) groups is 1. The Morgan fingerprint density at radius 2 is 2.29 bits per heavy atom. The van der Waals surface area contributed by atoms with E-state index in [2.05, 4.69) is 25.3 Å². The molecule has 0 saturated carbocycles. The minimum atomic E-state index is -0.942. The number of hydrogen-bond acceptors (Lipinski definition) is 7. The van der Waals surface area contributed by atoms with Crippen molar-refractivity contribution >= 4 is 11.4 Å². The molecule has 0 fully saturated rings. The summed E-state index contributed by atoms with van der Waals surface area (Å²) in [7, 11) is 0. The first kappa shape index (κ1) is 16.6. The predicted octanol–water partition coefficient (Wildman–Crippen LogP) is 1.28. The first-order valence-electron chi connectivity index (χ1n) is 8.90. The number of nitrogens with zero attached hydrogens (tertiary/aromatic N) is 6. The van der Waals surface area contributed by atoms with Gasteiger partial charge in [-0.3, -0.25) is 4.79 Å². The van der Waals surface area contributed by atoms with Crippen molar-refractivity contribution in [2.24, 2.45) is 0 Å². The normalized spacial score (nSPS) is 17.6. The lowest BCUT2D eigenvalue weighted by atomic mass is 9.99. The molecule has 1 aliphatic rings. The van der Waals surface area contributed by atoms with E-state index in [-0.39, 0.29) is 11.8 Å². The molecule has 0 bridgehead atoms. The van der Waals surface area contributed by atoms with E-state index in [1.807, 2.05) is 30.5 Å². The highest BCUT2D eigenvalue weighted by Gasteiger charge is 2.38. The van der Waals surface area contributed by atoms with Crippen LogP contribution < -0.4 is 0 Å². The van der Waals surface area contributed by atoms with Crippen LogP contribution in [0, 0.1) is 0 Å². The Hall–Kier alpha value is -3.53. The monoisotopic (exact) mass is 379 g/mol. The third kappa shape index (κ3) is 2.57. The molecular weight excluding hydrogens is 362 g/mol. The Morgan fingerprint density at radius 3 is 3.07 bits per heavy atom. The van der Waals surface area contributed by atoms with Gasteiger partial charge < -0.3 is 19.4 Å². The van der Waals surface area contributed by atoms with Gasteiger partial charge in [-0.2, -0.15) is 5.10 Å². The number of carbonyl (C=O) groups excluding carboxylic acids is 1. The fourth-order valence-electron chi connectivity index (χ4n) is 3.50. The lowest BCUT2D eigenvalue weighted by Crippen LogP contribution is -2.41. The van der Waals surface area contributed by atoms with Crippen LogP contribution in [0.2, 0.25) is 0 Å². The lowest BCUT2D eigenvalue weighted by Gasteiger charge is -2.32. The largest absolute Gasteiger partial charge is 0.414 e. The summed E-state index contributed by atoms with van der Waals surface area (Å²) in [4.78, 5) is 22.4. The zero-order chi connectivity index (χ0) is 19.3. The van der Waals surface area contributed by atoms with Crippen LogP contribution in [0.3, 0.4) is 0 Å². The van der Waals surface area contributed by atoms with Gasteiger partial charge in [0.1, 0.15) is 12.1 Å². The Morgan fingerprint density at radius 1 is 1.39 bits per heavy atom. The zero-order valence-corrected chi connectivity index (χ0v) is 15.0. The first-order chi connectivity index (χ1) is 13.6. The maximum absolute atomic E-state index is 13.1. The maximum atomic E-state index is 13.1. The second-order valence-corrected chi connectivity index (χ2v) is 6.68. The number of aromatic nitrogens is 6. The highest BCUT2D eigenvalue weighted by molar-refractivity contribution is 5.90. The van der Waals surface area contributed by atoms with E-state index in [0.717, 1.165) is 16.9 Å². The van der Waals surface area contributed by atoms with Crippen molar-refractivity contribution in [3.05, 3.63) is 65.7 Å². The number of nitrogens with one attached hydrogen (secondary N) is 1. The average Bonchev–Trinajstić information content (AvgIpc) is 3.44. The number of H-pyrrole nitrogens is 1. The summed E-state index contributed by atoms with van der Waals surface area (Å²) in [6, 6.07) is 7.22. The van der Waals surface area contributed by atoms with Crippen LogP contribution in [0.25, 0.3) is 5.52 Å². The molecule has 5 rings (SSSR count). The van der Waals surface area contributed by atoms with Crippen molar-refractivity contribution in [3.8, 4) is 0 Å². The number of fused-ring (bicyclic) bond motifs is 2. The van der Waals surface area contributed by atoms with Crippen molar-refractivity contribution < 1.29 is 14.3 Å². The van der Waals surface area contributed by atoms with Gasteiger partial charge in [0.15, 0.2) is 0 Å². The van der Waals surface area contributed by atoms with E-state index in [0.29, 0.717) is 18.7 Å². The Balaban J connectivity index is 1.58. The molecule has 2 atom stereocenters. The summed E-state index contributed by atoms with van der Waals surface area (Å²) in [5.74, 6) is -0.580. The van der Waals surface area contributed by atoms with Gasteiger partial charge in [-0.1, -0.05) is 6.07 Å². The molecule has 0 radical (unpaired) electrons. The molecule has 0 aromatic carbocycles. The summed E-state index contributed by atoms with van der Waals surface area (Å²) >= 11 is 0. The van der Waals surface area contributed by atoms with Crippen molar-refractivity contribution in [1.82, 2.24) is 34.7 Å². The van der Waals surface area contributed by atoms with Crippen LogP contribution in [-0.2, 0) is 6.42 Å². The second kappa shape index (κ2) is 6.27. The van der Waals surface area contributed by atoms with Crippen LogP contribution in [-0.4, -0.2) is 52.2 Å². The Bertz CT molecular complexity index is 1130. The SMILES string of the molecule is C[C@@H](O)c1nnc(C(=O)N2CCc3[nH]cnc3C2c2cc3ccccn3n2)o1. The molecular formula is C18H17N7O3. The number of aromatic amines is 1. The number of aliphatic hydroxyl groups excluding tert-OH is 1. The minimum absolute atomic E-state index is 0.00472. The number of rotatable bonds is 3. The first-order valence-corrected chi connectivity index (χ1v) is 8.90. The quantitative estimate of drug-likeness (QED) is 0.549. The van der Waals surface area contributed by atoms with Gasteiger partial charge in [0.05, 0.1) is 23.2 Å². The summed E-state index contributed by atoms with van der Waals surface area (Å²) < 4.78 is 7.12. The molecule has 0 spiro atoms. The number of hydrogen-bond donors (Lipinski definition) is 2. The summed E-state index contributed by atoms with van der Waals surface area (Å²) in [5.41, 5.74) is 3.34. The number of imidazole rings is 1. The van der Waals surface area contributed by atoms with Gasteiger partial charge in [0.2, 0.25) is 5.89 Å². The molecule has 142 valence electrons. The molecule has 5 heterocycles. The van der Waals surface area contributed by atoms with Crippen LogP contribution in [0.4, 0.5) is 0 Å². The molecule has 10 nitrogen and oxygen atoms in total. The van der Waals surface area contributed by atoms with Gasteiger partial charge in [-0.25, -0.2) is 9.50 Å². The smallest absolute Gasteiger partial charge is 0.312 e. The molecule has 2 N–H and O–H groups in total. The molecule has 1 amide bonds. The van der Waals surface area contributed by atoms with Crippen molar-refractivity contribution in [3.63, 3.8) is 0 Å². The zero-order valence-electron chi connectivity index (χ0n) is 15.0.